The Morgan fingerprint density at radius 3 is 2.88 bits per heavy atom. The number of fused-ring (bicyclic) bond motifs is 1. The molecule has 1 heterocycles. The molecule has 1 aromatic rings. The molecule has 3 nitrogen and oxygen atoms in total. The number of nitrogens with one attached hydrogen (secondary N) is 2. The van der Waals surface area contributed by atoms with Crippen LogP contribution in [-0.2, 0) is 0 Å². The molecule has 0 saturated heterocycles. The minimum Gasteiger partial charge on any atom is -0.361 e. The van der Waals surface area contributed by atoms with Crippen LogP contribution in [0.3, 0.4) is 0 Å². The molecular weight excluding hydrogens is 205 g/mol. The van der Waals surface area contributed by atoms with Crippen molar-refractivity contribution in [2.24, 2.45) is 0 Å². The van der Waals surface area contributed by atoms with E-state index in [0.29, 0.717) is 0 Å². The fourth-order valence-corrected chi connectivity index (χ4v) is 2.17. The predicted octanol–water partition coefficient (Wildman–Crippen LogP) is 2.01. The molecule has 0 unspecified atom stereocenters. The molecule has 1 aliphatic rings. The van der Waals surface area contributed by atoms with Crippen molar-refractivity contribution in [3.05, 3.63) is 24.0 Å². The van der Waals surface area contributed by atoms with E-state index in [0.717, 1.165) is 24.5 Å². The molecule has 2 rings (SSSR count). The molecular formula is C12H18FN3. The first-order valence-corrected chi connectivity index (χ1v) is 5.54. The van der Waals surface area contributed by atoms with E-state index < -0.39 is 0 Å². The molecule has 1 aromatic carbocycles. The van der Waals surface area contributed by atoms with Gasteiger partial charge in [0.2, 0.25) is 0 Å². The van der Waals surface area contributed by atoms with Crippen LogP contribution in [-0.4, -0.2) is 25.8 Å². The van der Waals surface area contributed by atoms with E-state index in [2.05, 4.69) is 29.4 Å². The standard InChI is InChI=1S/C12H18FN3/c1-12(2)15-10-8-9(13)4-5-11(10)16(12)7-6-14-3/h4-5,8,14-15H,6-7H2,1-3H3. The van der Waals surface area contributed by atoms with Gasteiger partial charge in [-0.25, -0.2) is 4.39 Å². The van der Waals surface area contributed by atoms with Gasteiger partial charge in [-0.2, -0.15) is 0 Å². The largest absolute Gasteiger partial charge is 0.361 e. The zero-order valence-corrected chi connectivity index (χ0v) is 9.97. The average molecular weight is 223 g/mol. The minimum absolute atomic E-state index is 0.160. The lowest BCUT2D eigenvalue weighted by Crippen LogP contribution is -2.47. The summed E-state index contributed by atoms with van der Waals surface area (Å²) in [5, 5.41) is 6.46. The molecule has 4 heteroatoms. The molecule has 0 fully saturated rings. The van der Waals surface area contributed by atoms with Crippen molar-refractivity contribution in [1.82, 2.24) is 5.32 Å². The van der Waals surface area contributed by atoms with Gasteiger partial charge in [0.15, 0.2) is 0 Å². The van der Waals surface area contributed by atoms with Crippen LogP contribution in [0.25, 0.3) is 0 Å². The van der Waals surface area contributed by atoms with E-state index in [-0.39, 0.29) is 11.5 Å². The second-order valence-corrected chi connectivity index (χ2v) is 4.60. The normalized spacial score (nSPS) is 17.1. The van der Waals surface area contributed by atoms with E-state index in [1.54, 1.807) is 6.07 Å². The maximum atomic E-state index is 13.1. The van der Waals surface area contributed by atoms with Crippen LogP contribution in [0, 0.1) is 5.82 Å². The van der Waals surface area contributed by atoms with Crippen molar-refractivity contribution < 1.29 is 4.39 Å². The Bertz CT molecular complexity index is 390. The van der Waals surface area contributed by atoms with Crippen LogP contribution < -0.4 is 15.5 Å². The zero-order valence-electron chi connectivity index (χ0n) is 9.97. The SMILES string of the molecule is CNCCN1c2ccc(F)cc2NC1(C)C. The van der Waals surface area contributed by atoms with Gasteiger partial charge in [-0.05, 0) is 39.1 Å². The quantitative estimate of drug-likeness (QED) is 0.821. The van der Waals surface area contributed by atoms with Gasteiger partial charge in [0.05, 0.1) is 11.4 Å². The smallest absolute Gasteiger partial charge is 0.125 e. The average Bonchev–Trinajstić information content (AvgIpc) is 2.44. The summed E-state index contributed by atoms with van der Waals surface area (Å²) in [6.45, 7) is 6.00. The summed E-state index contributed by atoms with van der Waals surface area (Å²) in [5.41, 5.74) is 1.79. The molecule has 0 atom stereocenters. The second-order valence-electron chi connectivity index (χ2n) is 4.60. The Balaban J connectivity index is 2.30. The molecule has 0 bridgehead atoms. The summed E-state index contributed by atoms with van der Waals surface area (Å²) < 4.78 is 13.1. The van der Waals surface area contributed by atoms with Gasteiger partial charge >= 0.3 is 0 Å². The molecule has 0 spiro atoms. The van der Waals surface area contributed by atoms with Gasteiger partial charge in [0, 0.05) is 13.1 Å². The molecule has 0 aliphatic carbocycles. The third kappa shape index (κ3) is 1.85. The summed E-state index contributed by atoms with van der Waals surface area (Å²) in [7, 11) is 1.93. The Hall–Kier alpha value is -1.29. The summed E-state index contributed by atoms with van der Waals surface area (Å²) in [6.07, 6.45) is 0. The lowest BCUT2D eigenvalue weighted by Gasteiger charge is -2.33. The molecule has 0 radical (unpaired) electrons. The molecule has 16 heavy (non-hydrogen) atoms. The Morgan fingerprint density at radius 2 is 2.19 bits per heavy atom. The Labute approximate surface area is 95.6 Å². The Morgan fingerprint density at radius 1 is 1.44 bits per heavy atom. The number of hydrogen-bond donors (Lipinski definition) is 2. The van der Waals surface area contributed by atoms with E-state index in [4.69, 9.17) is 0 Å². The van der Waals surface area contributed by atoms with Crippen molar-refractivity contribution in [2.75, 3.05) is 30.4 Å². The monoisotopic (exact) mass is 223 g/mol. The molecule has 1 aliphatic heterocycles. The highest BCUT2D eigenvalue weighted by Crippen LogP contribution is 2.39. The van der Waals surface area contributed by atoms with Gasteiger partial charge in [-0.3, -0.25) is 0 Å². The van der Waals surface area contributed by atoms with Crippen LogP contribution in [0.1, 0.15) is 13.8 Å². The van der Waals surface area contributed by atoms with Gasteiger partial charge in [-0.15, -0.1) is 0 Å². The summed E-state index contributed by atoms with van der Waals surface area (Å²) >= 11 is 0. The van der Waals surface area contributed by atoms with E-state index in [9.17, 15) is 4.39 Å². The first kappa shape index (κ1) is 11.2. The number of halogens is 1. The van der Waals surface area contributed by atoms with E-state index >= 15 is 0 Å². The van der Waals surface area contributed by atoms with Crippen molar-refractivity contribution in [3.8, 4) is 0 Å². The summed E-state index contributed by atoms with van der Waals surface area (Å²) in [5.74, 6) is -0.197. The minimum atomic E-state index is -0.197. The van der Waals surface area contributed by atoms with Gasteiger partial charge in [0.1, 0.15) is 11.5 Å². The summed E-state index contributed by atoms with van der Waals surface area (Å²) in [6, 6.07) is 4.90. The van der Waals surface area contributed by atoms with Crippen LogP contribution in [0.4, 0.5) is 15.8 Å². The van der Waals surface area contributed by atoms with Crippen LogP contribution in [0.2, 0.25) is 0 Å². The number of benzene rings is 1. The predicted molar refractivity (Wildman–Crippen MR) is 65.4 cm³/mol. The number of rotatable bonds is 3. The summed E-state index contributed by atoms with van der Waals surface area (Å²) in [4.78, 5) is 2.25. The highest BCUT2D eigenvalue weighted by Gasteiger charge is 2.34. The zero-order chi connectivity index (χ0) is 11.8. The molecule has 88 valence electrons. The van der Waals surface area contributed by atoms with Gasteiger partial charge in [0.25, 0.3) is 0 Å². The van der Waals surface area contributed by atoms with Gasteiger partial charge in [-0.1, -0.05) is 0 Å². The maximum absolute atomic E-state index is 13.1. The topological polar surface area (TPSA) is 27.3 Å². The van der Waals surface area contributed by atoms with Crippen LogP contribution >= 0.6 is 0 Å². The molecule has 2 N–H and O–H groups in total. The fraction of sp³-hybridized carbons (Fsp3) is 0.500. The van der Waals surface area contributed by atoms with Crippen molar-refractivity contribution in [3.63, 3.8) is 0 Å². The van der Waals surface area contributed by atoms with Crippen LogP contribution in [0.15, 0.2) is 18.2 Å². The number of likely N-dealkylation sites (N-methyl/N-ethyl adjacent to an activating group) is 1. The molecule has 0 aromatic heterocycles. The van der Waals surface area contributed by atoms with Crippen molar-refractivity contribution in [2.45, 2.75) is 19.5 Å². The highest BCUT2D eigenvalue weighted by molar-refractivity contribution is 5.77. The maximum Gasteiger partial charge on any atom is 0.125 e. The first-order valence-electron chi connectivity index (χ1n) is 5.54. The molecule has 0 amide bonds. The molecule has 0 saturated carbocycles. The van der Waals surface area contributed by atoms with E-state index in [1.807, 2.05) is 13.1 Å². The van der Waals surface area contributed by atoms with Crippen molar-refractivity contribution in [1.29, 1.82) is 0 Å². The third-order valence-corrected chi connectivity index (χ3v) is 2.95. The number of nitrogens with zero attached hydrogens (tertiary/aromatic N) is 1. The Kier molecular flexibility index (Phi) is 2.76. The number of anilines is 2. The van der Waals surface area contributed by atoms with Gasteiger partial charge < -0.3 is 15.5 Å². The third-order valence-electron chi connectivity index (χ3n) is 2.95. The van der Waals surface area contributed by atoms with E-state index in [1.165, 1.54) is 6.07 Å². The lowest BCUT2D eigenvalue weighted by atomic mass is 10.2. The van der Waals surface area contributed by atoms with Crippen molar-refractivity contribution >= 4 is 11.4 Å². The number of hydrogen-bond acceptors (Lipinski definition) is 3. The van der Waals surface area contributed by atoms with Crippen LogP contribution in [0.5, 0.6) is 0 Å². The lowest BCUT2D eigenvalue weighted by molar-refractivity contribution is 0.533. The highest BCUT2D eigenvalue weighted by atomic mass is 19.1. The second kappa shape index (κ2) is 3.94. The fourth-order valence-electron chi connectivity index (χ4n) is 2.17. The first-order chi connectivity index (χ1) is 7.54.